The van der Waals surface area contributed by atoms with Crippen LogP contribution < -0.4 is 10.1 Å². The number of carbonyl (C=O) groups excluding carboxylic acids is 2. The van der Waals surface area contributed by atoms with Gasteiger partial charge in [-0.25, -0.2) is 4.79 Å². The molecule has 3 amide bonds. The number of carboxylic acid groups (broad SMARTS) is 1. The van der Waals surface area contributed by atoms with Gasteiger partial charge in [0.1, 0.15) is 5.75 Å². The SMILES string of the molecule is COc1ccccc1C(CN1C(=O)c2ccccc2C1=O)CC(C)(C)NC(=O)O. The number of nitrogens with zero attached hydrogens (tertiary/aromatic N) is 1. The van der Waals surface area contributed by atoms with E-state index in [1.54, 1.807) is 45.2 Å². The van der Waals surface area contributed by atoms with Crippen LogP contribution in [-0.4, -0.2) is 47.1 Å². The summed E-state index contributed by atoms with van der Waals surface area (Å²) in [5.41, 5.74) is 0.806. The van der Waals surface area contributed by atoms with Crippen LogP contribution in [0.15, 0.2) is 48.5 Å². The second kappa shape index (κ2) is 7.95. The van der Waals surface area contributed by atoms with Crippen molar-refractivity contribution in [3.05, 3.63) is 65.2 Å². The lowest BCUT2D eigenvalue weighted by Crippen LogP contribution is -2.45. The smallest absolute Gasteiger partial charge is 0.405 e. The molecule has 3 rings (SSSR count). The van der Waals surface area contributed by atoms with Gasteiger partial charge in [-0.05, 0) is 44.0 Å². The monoisotopic (exact) mass is 396 g/mol. The molecule has 29 heavy (non-hydrogen) atoms. The Hall–Kier alpha value is -3.35. The Bertz CT molecular complexity index is 919. The first-order chi connectivity index (χ1) is 13.7. The van der Waals surface area contributed by atoms with Gasteiger partial charge in [0.2, 0.25) is 0 Å². The number of imide groups is 1. The molecule has 1 heterocycles. The van der Waals surface area contributed by atoms with Crippen molar-refractivity contribution < 1.29 is 24.2 Å². The second-order valence-electron chi connectivity index (χ2n) is 7.72. The van der Waals surface area contributed by atoms with Crippen molar-refractivity contribution >= 4 is 17.9 Å². The maximum absolute atomic E-state index is 12.8. The number of ether oxygens (including phenoxy) is 1. The molecule has 1 aliphatic heterocycles. The molecule has 2 aromatic rings. The predicted octanol–water partition coefficient (Wildman–Crippen LogP) is 3.51. The number of amides is 3. The van der Waals surface area contributed by atoms with E-state index in [2.05, 4.69) is 5.32 Å². The van der Waals surface area contributed by atoms with Gasteiger partial charge in [0.05, 0.1) is 18.2 Å². The van der Waals surface area contributed by atoms with E-state index >= 15 is 0 Å². The number of carbonyl (C=O) groups is 3. The molecule has 1 aliphatic rings. The number of rotatable bonds is 7. The highest BCUT2D eigenvalue weighted by Gasteiger charge is 2.38. The third-order valence-electron chi connectivity index (χ3n) is 5.06. The van der Waals surface area contributed by atoms with Crippen molar-refractivity contribution in [2.24, 2.45) is 0 Å². The van der Waals surface area contributed by atoms with Crippen molar-refractivity contribution in [2.75, 3.05) is 13.7 Å². The summed E-state index contributed by atoms with van der Waals surface area (Å²) in [5.74, 6) is -0.376. The van der Waals surface area contributed by atoms with E-state index in [4.69, 9.17) is 9.84 Å². The molecule has 0 radical (unpaired) electrons. The third-order valence-corrected chi connectivity index (χ3v) is 5.06. The summed E-state index contributed by atoms with van der Waals surface area (Å²) in [6.07, 6.45) is -0.762. The van der Waals surface area contributed by atoms with Crippen molar-refractivity contribution in [3.63, 3.8) is 0 Å². The molecule has 2 N–H and O–H groups in total. The summed E-state index contributed by atoms with van der Waals surface area (Å²) in [5, 5.41) is 11.7. The number of hydrogen-bond acceptors (Lipinski definition) is 4. The Labute approximate surface area is 169 Å². The van der Waals surface area contributed by atoms with Gasteiger partial charge in [0.15, 0.2) is 0 Å². The number of hydrogen-bond donors (Lipinski definition) is 2. The highest BCUT2D eigenvalue weighted by molar-refractivity contribution is 6.21. The Morgan fingerprint density at radius 2 is 1.62 bits per heavy atom. The molecule has 0 bridgehead atoms. The van der Waals surface area contributed by atoms with Crippen molar-refractivity contribution in [1.29, 1.82) is 0 Å². The molecule has 1 unspecified atom stereocenters. The zero-order chi connectivity index (χ0) is 21.2. The van der Waals surface area contributed by atoms with Gasteiger partial charge in [0, 0.05) is 18.0 Å². The average molecular weight is 396 g/mol. The molecule has 2 aromatic carbocycles. The molecule has 1 atom stereocenters. The minimum atomic E-state index is -1.13. The van der Waals surface area contributed by atoms with Crippen molar-refractivity contribution in [3.8, 4) is 5.75 Å². The van der Waals surface area contributed by atoms with Crippen LogP contribution in [0.25, 0.3) is 0 Å². The lowest BCUT2D eigenvalue weighted by molar-refractivity contribution is 0.0635. The van der Waals surface area contributed by atoms with Crippen molar-refractivity contribution in [1.82, 2.24) is 10.2 Å². The highest BCUT2D eigenvalue weighted by atomic mass is 16.5. The van der Waals surface area contributed by atoms with E-state index in [1.165, 1.54) is 4.90 Å². The normalized spacial score (nSPS) is 14.5. The predicted molar refractivity (Wildman–Crippen MR) is 107 cm³/mol. The molecule has 0 saturated carbocycles. The average Bonchev–Trinajstić information content (AvgIpc) is 2.91. The Morgan fingerprint density at radius 3 is 2.17 bits per heavy atom. The summed E-state index contributed by atoms with van der Waals surface area (Å²) in [6.45, 7) is 3.66. The molecular formula is C22H24N2O5. The van der Waals surface area contributed by atoms with Crippen LogP contribution in [0.5, 0.6) is 5.75 Å². The Balaban J connectivity index is 1.95. The third kappa shape index (κ3) is 4.23. The largest absolute Gasteiger partial charge is 0.496 e. The fourth-order valence-electron chi connectivity index (χ4n) is 3.86. The van der Waals surface area contributed by atoms with Gasteiger partial charge in [-0.1, -0.05) is 30.3 Å². The molecule has 0 spiro atoms. The maximum atomic E-state index is 12.8. The van der Waals surface area contributed by atoms with Gasteiger partial charge in [0.25, 0.3) is 11.8 Å². The standard InChI is InChI=1S/C22H24N2O5/c1-22(2,23-21(27)28)12-14(15-8-6-7-11-18(15)29-3)13-24-19(25)16-9-4-5-10-17(16)20(24)26/h4-11,14,23H,12-13H2,1-3H3,(H,27,28). The number of benzene rings is 2. The fourth-order valence-corrected chi connectivity index (χ4v) is 3.86. The van der Waals surface area contributed by atoms with E-state index in [0.717, 1.165) is 5.56 Å². The van der Waals surface area contributed by atoms with Crippen LogP contribution in [0.2, 0.25) is 0 Å². The van der Waals surface area contributed by atoms with Gasteiger partial charge in [-0.15, -0.1) is 0 Å². The van der Waals surface area contributed by atoms with E-state index < -0.39 is 11.6 Å². The van der Waals surface area contributed by atoms with Gasteiger partial charge in [-0.2, -0.15) is 0 Å². The summed E-state index contributed by atoms with van der Waals surface area (Å²) in [6, 6.07) is 14.1. The highest BCUT2D eigenvalue weighted by Crippen LogP contribution is 2.35. The van der Waals surface area contributed by atoms with E-state index in [0.29, 0.717) is 23.3 Å². The van der Waals surface area contributed by atoms with Crippen LogP contribution in [0, 0.1) is 0 Å². The molecule has 0 aliphatic carbocycles. The van der Waals surface area contributed by atoms with Gasteiger partial charge < -0.3 is 15.2 Å². The lowest BCUT2D eigenvalue weighted by atomic mass is 9.85. The first-order valence-electron chi connectivity index (χ1n) is 9.33. The maximum Gasteiger partial charge on any atom is 0.405 e. The first kappa shape index (κ1) is 20.4. The zero-order valence-electron chi connectivity index (χ0n) is 16.6. The molecule has 152 valence electrons. The molecule has 0 fully saturated rings. The number of methoxy groups -OCH3 is 1. The van der Waals surface area contributed by atoms with E-state index in [1.807, 2.05) is 24.3 Å². The molecule has 0 saturated heterocycles. The number of para-hydroxylation sites is 1. The van der Waals surface area contributed by atoms with Gasteiger partial charge >= 0.3 is 6.09 Å². The topological polar surface area (TPSA) is 95.9 Å². The van der Waals surface area contributed by atoms with Crippen LogP contribution in [-0.2, 0) is 0 Å². The number of nitrogens with one attached hydrogen (secondary N) is 1. The van der Waals surface area contributed by atoms with Gasteiger partial charge in [-0.3, -0.25) is 14.5 Å². The first-order valence-corrected chi connectivity index (χ1v) is 9.33. The van der Waals surface area contributed by atoms with E-state index in [-0.39, 0.29) is 24.3 Å². The zero-order valence-corrected chi connectivity index (χ0v) is 16.6. The molecular weight excluding hydrogens is 372 g/mol. The minimum absolute atomic E-state index is 0.122. The summed E-state index contributed by atoms with van der Waals surface area (Å²) in [7, 11) is 1.55. The van der Waals surface area contributed by atoms with Crippen LogP contribution in [0.4, 0.5) is 4.79 Å². The fraction of sp³-hybridized carbons (Fsp3) is 0.318. The van der Waals surface area contributed by atoms with E-state index in [9.17, 15) is 14.4 Å². The summed E-state index contributed by atoms with van der Waals surface area (Å²) in [4.78, 5) is 38.1. The summed E-state index contributed by atoms with van der Waals surface area (Å²) < 4.78 is 5.48. The lowest BCUT2D eigenvalue weighted by Gasteiger charge is -2.32. The van der Waals surface area contributed by atoms with Crippen LogP contribution >= 0.6 is 0 Å². The minimum Gasteiger partial charge on any atom is -0.496 e. The second-order valence-corrected chi connectivity index (χ2v) is 7.72. The molecule has 0 aromatic heterocycles. The Kier molecular flexibility index (Phi) is 5.59. The number of fused-ring (bicyclic) bond motifs is 1. The van der Waals surface area contributed by atoms with Crippen LogP contribution in [0.3, 0.4) is 0 Å². The van der Waals surface area contributed by atoms with Crippen LogP contribution in [0.1, 0.15) is 52.5 Å². The molecule has 7 nitrogen and oxygen atoms in total. The Morgan fingerprint density at radius 1 is 1.07 bits per heavy atom. The quantitative estimate of drug-likeness (QED) is 0.698. The van der Waals surface area contributed by atoms with Crippen molar-refractivity contribution in [2.45, 2.75) is 31.7 Å². The summed E-state index contributed by atoms with van der Waals surface area (Å²) >= 11 is 0. The molecule has 7 heteroatoms.